The third-order valence-corrected chi connectivity index (χ3v) is 1.58. The first-order chi connectivity index (χ1) is 6.79. The molecule has 0 amide bonds. The van der Waals surface area contributed by atoms with Crippen molar-refractivity contribution < 1.29 is 9.53 Å². The van der Waals surface area contributed by atoms with E-state index in [0.717, 1.165) is 0 Å². The van der Waals surface area contributed by atoms with Gasteiger partial charge in [-0.1, -0.05) is 5.46 Å². The number of rotatable bonds is 1. The first-order valence-electron chi connectivity index (χ1n) is 4.54. The minimum atomic E-state index is -0.534. The van der Waals surface area contributed by atoms with Gasteiger partial charge in [-0.05, 0) is 26.8 Å². The lowest BCUT2D eigenvalue weighted by Gasteiger charge is -2.19. The molecular weight excluding hydrogens is 191 g/mol. The van der Waals surface area contributed by atoms with Crippen molar-refractivity contribution >= 4 is 25.1 Å². The van der Waals surface area contributed by atoms with Gasteiger partial charge >= 0.3 is 5.97 Å². The van der Waals surface area contributed by atoms with Crippen LogP contribution in [0.1, 0.15) is 31.1 Å². The van der Waals surface area contributed by atoms with Crippen LogP contribution < -0.4 is 11.2 Å². The highest BCUT2D eigenvalue weighted by Crippen LogP contribution is 2.11. The number of ether oxygens (including phenoxy) is 1. The Kier molecular flexibility index (Phi) is 3.02. The molecule has 0 aliphatic carbocycles. The van der Waals surface area contributed by atoms with E-state index in [4.69, 9.17) is 18.3 Å². The fourth-order valence-electron chi connectivity index (χ4n) is 0.941. The smallest absolute Gasteiger partial charge is 0.340 e. The number of hydrogen-bond donors (Lipinski definition) is 1. The zero-order chi connectivity index (χ0) is 11.6. The lowest BCUT2D eigenvalue weighted by molar-refractivity contribution is 0.00693. The second-order valence-electron chi connectivity index (χ2n) is 4.20. The number of nitrogens with two attached hydrogens (primary N) is 1. The minimum absolute atomic E-state index is 0.210. The monoisotopic (exact) mass is 204 g/mol. The zero-order valence-corrected chi connectivity index (χ0v) is 9.07. The van der Waals surface area contributed by atoms with Crippen molar-refractivity contribution in [2.45, 2.75) is 26.4 Å². The van der Waals surface area contributed by atoms with Crippen molar-refractivity contribution in [1.82, 2.24) is 4.98 Å². The van der Waals surface area contributed by atoms with Gasteiger partial charge in [-0.15, -0.1) is 0 Å². The highest BCUT2D eigenvalue weighted by molar-refractivity contribution is 6.35. The van der Waals surface area contributed by atoms with Crippen LogP contribution in [-0.2, 0) is 4.74 Å². The lowest BCUT2D eigenvalue weighted by Crippen LogP contribution is -2.25. The summed E-state index contributed by atoms with van der Waals surface area (Å²) >= 11 is 0. The molecule has 4 nitrogen and oxygen atoms in total. The van der Waals surface area contributed by atoms with Crippen LogP contribution in [-0.4, -0.2) is 24.4 Å². The summed E-state index contributed by atoms with van der Waals surface area (Å²) in [5.74, 6) is -0.246. The van der Waals surface area contributed by atoms with Gasteiger partial charge in [-0.25, -0.2) is 9.78 Å². The van der Waals surface area contributed by atoms with E-state index in [1.165, 1.54) is 12.3 Å². The average molecular weight is 204 g/mol. The van der Waals surface area contributed by atoms with Crippen LogP contribution in [0.25, 0.3) is 0 Å². The molecule has 0 saturated carbocycles. The fraction of sp³-hybridized carbons (Fsp3) is 0.400. The number of nitrogens with zero attached hydrogens (tertiary/aromatic N) is 1. The van der Waals surface area contributed by atoms with Crippen LogP contribution >= 0.6 is 0 Å². The minimum Gasteiger partial charge on any atom is -0.456 e. The number of hydrogen-bond acceptors (Lipinski definition) is 4. The summed E-state index contributed by atoms with van der Waals surface area (Å²) in [6.45, 7) is 5.37. The van der Waals surface area contributed by atoms with Gasteiger partial charge in [0.2, 0.25) is 0 Å². The summed E-state index contributed by atoms with van der Waals surface area (Å²) in [5, 5.41) is 0. The molecule has 0 aliphatic heterocycles. The Balaban J connectivity index is 2.88. The molecule has 1 aromatic heterocycles. The summed E-state index contributed by atoms with van der Waals surface area (Å²) in [7, 11) is 5.53. The van der Waals surface area contributed by atoms with E-state index in [-0.39, 0.29) is 11.3 Å². The normalized spacial score (nSPS) is 11.1. The molecule has 0 saturated heterocycles. The molecule has 1 heterocycles. The van der Waals surface area contributed by atoms with Crippen molar-refractivity contribution in [1.29, 1.82) is 0 Å². The molecule has 1 rings (SSSR count). The van der Waals surface area contributed by atoms with Crippen molar-refractivity contribution in [3.05, 3.63) is 17.8 Å². The van der Waals surface area contributed by atoms with Gasteiger partial charge in [0.15, 0.2) is 0 Å². The molecule has 0 spiro atoms. The van der Waals surface area contributed by atoms with Gasteiger partial charge in [0.1, 0.15) is 19.3 Å². The Morgan fingerprint density at radius 3 is 2.60 bits per heavy atom. The Morgan fingerprint density at radius 1 is 1.53 bits per heavy atom. The van der Waals surface area contributed by atoms with Crippen LogP contribution in [0.4, 0.5) is 5.82 Å². The topological polar surface area (TPSA) is 65.2 Å². The largest absolute Gasteiger partial charge is 0.456 e. The van der Waals surface area contributed by atoms with Crippen LogP contribution in [0.3, 0.4) is 0 Å². The number of carbonyl (C=O) groups excluding carboxylic acids is 1. The first kappa shape index (κ1) is 11.6. The molecule has 0 unspecified atom stereocenters. The molecule has 0 aromatic carbocycles. The molecule has 15 heavy (non-hydrogen) atoms. The average Bonchev–Trinajstić information content (AvgIpc) is 2.06. The highest BCUT2D eigenvalue weighted by Gasteiger charge is 2.18. The SMILES string of the molecule is [B]c1cc(C(=O)OC(C)(C)C)cnc1N. The van der Waals surface area contributed by atoms with E-state index in [0.29, 0.717) is 5.56 Å². The van der Waals surface area contributed by atoms with Crippen molar-refractivity contribution in [3.63, 3.8) is 0 Å². The maximum Gasteiger partial charge on any atom is 0.340 e. The fourth-order valence-corrected chi connectivity index (χ4v) is 0.941. The third kappa shape index (κ3) is 3.27. The molecule has 2 N–H and O–H groups in total. The maximum absolute atomic E-state index is 11.6. The van der Waals surface area contributed by atoms with E-state index in [1.54, 1.807) is 20.8 Å². The zero-order valence-electron chi connectivity index (χ0n) is 9.07. The second kappa shape index (κ2) is 3.92. The maximum atomic E-state index is 11.6. The number of aromatic nitrogens is 1. The number of pyridine rings is 1. The molecule has 78 valence electrons. The van der Waals surface area contributed by atoms with Crippen LogP contribution in [0.15, 0.2) is 12.3 Å². The Labute approximate surface area is 90.2 Å². The Bertz CT molecular complexity index is 385. The molecule has 5 heteroatoms. The van der Waals surface area contributed by atoms with Gasteiger partial charge in [-0.2, -0.15) is 0 Å². The Morgan fingerprint density at radius 2 is 2.13 bits per heavy atom. The van der Waals surface area contributed by atoms with E-state index in [1.807, 2.05) is 0 Å². The predicted octanol–water partition coefficient (Wildman–Crippen LogP) is 0.413. The van der Waals surface area contributed by atoms with E-state index < -0.39 is 11.6 Å². The highest BCUT2D eigenvalue weighted by atomic mass is 16.6. The summed E-state index contributed by atoms with van der Waals surface area (Å²) < 4.78 is 5.14. The van der Waals surface area contributed by atoms with Gasteiger partial charge in [-0.3, -0.25) is 0 Å². The molecule has 0 bridgehead atoms. The van der Waals surface area contributed by atoms with Gasteiger partial charge < -0.3 is 10.5 Å². The van der Waals surface area contributed by atoms with Crippen LogP contribution in [0.5, 0.6) is 0 Å². The third-order valence-electron chi connectivity index (χ3n) is 1.58. The number of anilines is 1. The molecule has 0 atom stereocenters. The molecule has 0 fully saturated rings. The summed E-state index contributed by atoms with van der Waals surface area (Å²) in [6, 6.07) is 1.45. The van der Waals surface area contributed by atoms with Crippen molar-refractivity contribution in [3.8, 4) is 0 Å². The van der Waals surface area contributed by atoms with Gasteiger partial charge in [0.05, 0.1) is 5.56 Å². The quantitative estimate of drug-likeness (QED) is 0.531. The van der Waals surface area contributed by atoms with E-state index in [2.05, 4.69) is 4.98 Å². The van der Waals surface area contributed by atoms with Gasteiger partial charge in [0, 0.05) is 6.20 Å². The number of nitrogen functional groups attached to an aromatic ring is 1. The summed E-state index contributed by atoms with van der Waals surface area (Å²) in [4.78, 5) is 15.3. The van der Waals surface area contributed by atoms with Crippen LogP contribution in [0, 0.1) is 0 Å². The molecular formula is C10H13BN2O2. The lowest BCUT2D eigenvalue weighted by atomic mass is 9.95. The van der Waals surface area contributed by atoms with Crippen molar-refractivity contribution in [2.75, 3.05) is 5.73 Å². The predicted molar refractivity (Wildman–Crippen MR) is 59.2 cm³/mol. The number of carbonyl (C=O) groups is 1. The summed E-state index contributed by atoms with van der Waals surface area (Å²) in [6.07, 6.45) is 1.35. The van der Waals surface area contributed by atoms with Crippen LogP contribution in [0.2, 0.25) is 0 Å². The first-order valence-corrected chi connectivity index (χ1v) is 4.54. The number of esters is 1. The second-order valence-corrected chi connectivity index (χ2v) is 4.20. The summed E-state index contributed by atoms with van der Waals surface area (Å²) in [5.41, 5.74) is 5.47. The van der Waals surface area contributed by atoms with Gasteiger partial charge in [0.25, 0.3) is 0 Å². The molecule has 1 aromatic rings. The standard InChI is InChI=1S/C10H13BN2O2/c1-10(2,3)15-9(14)6-4-7(11)8(12)13-5-6/h4-5H,1-3H3,(H2,12,13). The molecule has 2 radical (unpaired) electrons. The van der Waals surface area contributed by atoms with E-state index >= 15 is 0 Å². The van der Waals surface area contributed by atoms with E-state index in [9.17, 15) is 4.79 Å². The molecule has 0 aliphatic rings. The Hall–Kier alpha value is -1.52. The van der Waals surface area contributed by atoms with Crippen molar-refractivity contribution in [2.24, 2.45) is 0 Å².